The molecule has 0 amide bonds. The minimum absolute atomic E-state index is 0.361. The van der Waals surface area contributed by atoms with Crippen LogP contribution in [0, 0.1) is 0 Å². The van der Waals surface area contributed by atoms with E-state index in [9.17, 15) is 0 Å². The van der Waals surface area contributed by atoms with E-state index in [1.807, 2.05) is 0 Å². The predicted molar refractivity (Wildman–Crippen MR) is 89.9 cm³/mol. The van der Waals surface area contributed by atoms with Gasteiger partial charge in [-0.15, -0.1) is 0 Å². The first kappa shape index (κ1) is 18.9. The van der Waals surface area contributed by atoms with E-state index in [-0.39, 0.29) is 0 Å². The van der Waals surface area contributed by atoms with Crippen molar-refractivity contribution in [3.8, 4) is 0 Å². The minimum atomic E-state index is 0.361. The highest BCUT2D eigenvalue weighted by atomic mass is 16.5. The normalized spacial score (nSPS) is 26.0. The predicted octanol–water partition coefficient (Wildman–Crippen LogP) is 4.30. The molecule has 0 aliphatic heterocycles. The highest BCUT2D eigenvalue weighted by Gasteiger charge is 2.20. The summed E-state index contributed by atoms with van der Waals surface area (Å²) in [5.41, 5.74) is 0. The van der Waals surface area contributed by atoms with Gasteiger partial charge in [0.25, 0.3) is 0 Å². The summed E-state index contributed by atoms with van der Waals surface area (Å²) < 4.78 is 11.7. The molecule has 3 heteroatoms. The van der Waals surface area contributed by atoms with Gasteiger partial charge in [-0.1, -0.05) is 58.3 Å². The van der Waals surface area contributed by atoms with Crippen molar-refractivity contribution in [1.29, 1.82) is 0 Å². The lowest BCUT2D eigenvalue weighted by atomic mass is 9.96. The molecule has 2 atom stereocenters. The van der Waals surface area contributed by atoms with Crippen LogP contribution in [0.15, 0.2) is 0 Å². The Balaban J connectivity index is 2.34. The van der Waals surface area contributed by atoms with Crippen molar-refractivity contribution in [2.24, 2.45) is 0 Å². The monoisotopic (exact) mass is 299 g/mol. The smallest absolute Gasteiger partial charge is 0.0729 e. The zero-order valence-electron chi connectivity index (χ0n) is 14.4. The average Bonchev–Trinajstić information content (AvgIpc) is 2.49. The van der Waals surface area contributed by atoms with Gasteiger partial charge in [-0.05, 0) is 26.3 Å². The van der Waals surface area contributed by atoms with E-state index in [0.29, 0.717) is 12.1 Å². The molecule has 0 spiro atoms. The third-order valence-electron chi connectivity index (χ3n) is 4.48. The lowest BCUT2D eigenvalue weighted by Crippen LogP contribution is -2.40. The van der Waals surface area contributed by atoms with E-state index >= 15 is 0 Å². The molecule has 0 radical (unpaired) electrons. The van der Waals surface area contributed by atoms with E-state index < -0.39 is 0 Å². The second kappa shape index (κ2) is 13.5. The highest BCUT2D eigenvalue weighted by Crippen LogP contribution is 2.19. The maximum Gasteiger partial charge on any atom is 0.0729 e. The average molecular weight is 299 g/mol. The van der Waals surface area contributed by atoms with E-state index in [1.54, 1.807) is 0 Å². The SMILES string of the molecule is CCCOCCOC1CCCCCCCCCCC1NC. The van der Waals surface area contributed by atoms with Gasteiger partial charge in [-0.25, -0.2) is 0 Å². The molecule has 0 aromatic rings. The maximum absolute atomic E-state index is 6.15. The number of rotatable bonds is 7. The van der Waals surface area contributed by atoms with Crippen molar-refractivity contribution in [1.82, 2.24) is 5.32 Å². The first-order valence-corrected chi connectivity index (χ1v) is 9.25. The Kier molecular flexibility index (Phi) is 12.2. The van der Waals surface area contributed by atoms with Gasteiger partial charge in [0, 0.05) is 12.6 Å². The summed E-state index contributed by atoms with van der Waals surface area (Å²) in [6.07, 6.45) is 14.9. The zero-order valence-corrected chi connectivity index (χ0v) is 14.4. The topological polar surface area (TPSA) is 30.5 Å². The zero-order chi connectivity index (χ0) is 15.2. The Bertz CT molecular complexity index is 223. The van der Waals surface area contributed by atoms with Crippen LogP contribution in [0.4, 0.5) is 0 Å². The molecule has 126 valence electrons. The van der Waals surface area contributed by atoms with Crippen molar-refractivity contribution >= 4 is 0 Å². The van der Waals surface area contributed by atoms with Gasteiger partial charge in [-0.3, -0.25) is 0 Å². The molecule has 0 aromatic carbocycles. The van der Waals surface area contributed by atoms with E-state index in [0.717, 1.165) is 26.2 Å². The molecular formula is C18H37NO2. The fraction of sp³-hybridized carbons (Fsp3) is 1.00. The minimum Gasteiger partial charge on any atom is -0.379 e. The number of hydrogen-bond acceptors (Lipinski definition) is 3. The van der Waals surface area contributed by atoms with Gasteiger partial charge in [0.2, 0.25) is 0 Å². The third-order valence-corrected chi connectivity index (χ3v) is 4.48. The van der Waals surface area contributed by atoms with Gasteiger partial charge < -0.3 is 14.8 Å². The van der Waals surface area contributed by atoms with Crippen LogP contribution in [-0.2, 0) is 9.47 Å². The second-order valence-corrected chi connectivity index (χ2v) is 6.32. The molecule has 1 N–H and O–H groups in total. The molecule has 0 aromatic heterocycles. The van der Waals surface area contributed by atoms with Crippen molar-refractivity contribution in [2.75, 3.05) is 26.9 Å². The quantitative estimate of drug-likeness (QED) is 0.711. The maximum atomic E-state index is 6.15. The molecule has 2 unspecified atom stereocenters. The molecule has 3 nitrogen and oxygen atoms in total. The van der Waals surface area contributed by atoms with E-state index in [1.165, 1.54) is 64.2 Å². The first-order chi connectivity index (χ1) is 10.4. The summed E-state index contributed by atoms with van der Waals surface area (Å²) in [5, 5.41) is 3.49. The van der Waals surface area contributed by atoms with Crippen LogP contribution >= 0.6 is 0 Å². The van der Waals surface area contributed by atoms with Crippen molar-refractivity contribution in [3.05, 3.63) is 0 Å². The molecule has 0 bridgehead atoms. The van der Waals surface area contributed by atoms with E-state index in [4.69, 9.17) is 9.47 Å². The number of hydrogen-bond donors (Lipinski definition) is 1. The van der Waals surface area contributed by atoms with Crippen LogP contribution in [0.1, 0.15) is 77.6 Å². The Morgan fingerprint density at radius 3 is 2.05 bits per heavy atom. The van der Waals surface area contributed by atoms with Crippen molar-refractivity contribution in [3.63, 3.8) is 0 Å². The van der Waals surface area contributed by atoms with Crippen LogP contribution in [0.3, 0.4) is 0 Å². The summed E-state index contributed by atoms with van der Waals surface area (Å²) in [5.74, 6) is 0. The molecule has 0 heterocycles. The lowest BCUT2D eigenvalue weighted by molar-refractivity contribution is -0.0168. The molecule has 1 fully saturated rings. The second-order valence-electron chi connectivity index (χ2n) is 6.32. The first-order valence-electron chi connectivity index (χ1n) is 9.25. The van der Waals surface area contributed by atoms with Crippen LogP contribution in [0.25, 0.3) is 0 Å². The van der Waals surface area contributed by atoms with Gasteiger partial charge >= 0.3 is 0 Å². The number of likely N-dealkylation sites (N-methyl/N-ethyl adjacent to an activating group) is 1. The Morgan fingerprint density at radius 1 is 0.810 bits per heavy atom. The highest BCUT2D eigenvalue weighted by molar-refractivity contribution is 4.76. The number of nitrogens with one attached hydrogen (secondary N) is 1. The molecule has 1 aliphatic carbocycles. The summed E-state index contributed by atoms with van der Waals surface area (Å²) in [4.78, 5) is 0. The van der Waals surface area contributed by atoms with Gasteiger partial charge in [-0.2, -0.15) is 0 Å². The summed E-state index contributed by atoms with van der Waals surface area (Å²) in [7, 11) is 2.08. The van der Waals surface area contributed by atoms with Crippen LogP contribution in [0.2, 0.25) is 0 Å². The van der Waals surface area contributed by atoms with Crippen LogP contribution in [0.5, 0.6) is 0 Å². The fourth-order valence-corrected chi connectivity index (χ4v) is 3.19. The Morgan fingerprint density at radius 2 is 1.43 bits per heavy atom. The van der Waals surface area contributed by atoms with Gasteiger partial charge in [0.1, 0.15) is 0 Å². The van der Waals surface area contributed by atoms with Crippen molar-refractivity contribution < 1.29 is 9.47 Å². The third kappa shape index (κ3) is 9.49. The lowest BCUT2D eigenvalue weighted by Gasteiger charge is -2.28. The molecule has 1 aliphatic rings. The molecule has 0 saturated heterocycles. The summed E-state index contributed by atoms with van der Waals surface area (Å²) in [6.45, 7) is 4.47. The van der Waals surface area contributed by atoms with Crippen molar-refractivity contribution in [2.45, 2.75) is 89.7 Å². The fourth-order valence-electron chi connectivity index (χ4n) is 3.19. The standard InChI is InChI=1S/C18H37NO2/c1-3-14-20-15-16-21-18-13-11-9-7-5-4-6-8-10-12-17(18)19-2/h17-19H,3-16H2,1-2H3. The molecule has 21 heavy (non-hydrogen) atoms. The van der Waals surface area contributed by atoms with Crippen LogP contribution in [-0.4, -0.2) is 39.0 Å². The Hall–Kier alpha value is -0.120. The molecular weight excluding hydrogens is 262 g/mol. The summed E-state index contributed by atoms with van der Waals surface area (Å²) >= 11 is 0. The molecule has 1 saturated carbocycles. The van der Waals surface area contributed by atoms with Crippen LogP contribution < -0.4 is 5.32 Å². The van der Waals surface area contributed by atoms with Gasteiger partial charge in [0.05, 0.1) is 19.3 Å². The Labute approximate surface area is 132 Å². The van der Waals surface area contributed by atoms with Gasteiger partial charge in [0.15, 0.2) is 0 Å². The largest absolute Gasteiger partial charge is 0.379 e. The molecule has 1 rings (SSSR count). The summed E-state index contributed by atoms with van der Waals surface area (Å²) in [6, 6.07) is 0.510. The number of ether oxygens (including phenoxy) is 2. The van der Waals surface area contributed by atoms with E-state index in [2.05, 4.69) is 19.3 Å².